The van der Waals surface area contributed by atoms with E-state index in [1.807, 2.05) is 19.1 Å². The Labute approximate surface area is 160 Å². The molecule has 0 radical (unpaired) electrons. The molecule has 0 saturated heterocycles. The highest BCUT2D eigenvalue weighted by atomic mass is 35.5. The number of pyridine rings is 1. The van der Waals surface area contributed by atoms with E-state index in [1.165, 1.54) is 11.3 Å². The Morgan fingerprint density at radius 3 is 2.54 bits per heavy atom. The molecule has 132 valence electrons. The van der Waals surface area contributed by atoms with Crippen LogP contribution in [0, 0.1) is 0 Å². The van der Waals surface area contributed by atoms with Gasteiger partial charge in [-0.05, 0) is 36.8 Å². The van der Waals surface area contributed by atoms with Crippen molar-refractivity contribution in [1.82, 2.24) is 9.97 Å². The molecule has 3 aromatic rings. The van der Waals surface area contributed by atoms with Crippen LogP contribution < -0.4 is 5.32 Å². The number of nitrogens with one attached hydrogen (secondary N) is 1. The summed E-state index contributed by atoms with van der Waals surface area (Å²) in [7, 11) is 0. The van der Waals surface area contributed by atoms with Crippen molar-refractivity contribution in [2.45, 2.75) is 19.3 Å². The van der Waals surface area contributed by atoms with Crippen LogP contribution in [0.5, 0.6) is 0 Å². The molecule has 0 fully saturated rings. The number of halogens is 1. The summed E-state index contributed by atoms with van der Waals surface area (Å²) in [5, 5.41) is 5.18. The smallest absolute Gasteiger partial charge is 0.231 e. The molecule has 0 saturated carbocycles. The van der Waals surface area contributed by atoms with E-state index in [0.29, 0.717) is 22.1 Å². The highest BCUT2D eigenvalue weighted by Gasteiger charge is 2.16. The summed E-state index contributed by atoms with van der Waals surface area (Å²) in [5.74, 6) is -0.537. The van der Waals surface area contributed by atoms with Crippen LogP contribution in [0.2, 0.25) is 5.02 Å². The van der Waals surface area contributed by atoms with Gasteiger partial charge in [0.15, 0.2) is 5.78 Å². The van der Waals surface area contributed by atoms with Crippen molar-refractivity contribution in [3.8, 4) is 0 Å². The molecule has 1 atom stereocenters. The van der Waals surface area contributed by atoms with Gasteiger partial charge in [0.05, 0.1) is 29.7 Å². The molecule has 2 aromatic heterocycles. The van der Waals surface area contributed by atoms with Crippen LogP contribution in [0.3, 0.4) is 0 Å². The van der Waals surface area contributed by atoms with Gasteiger partial charge in [0.2, 0.25) is 5.91 Å². The lowest BCUT2D eigenvalue weighted by molar-refractivity contribution is -0.117. The molecule has 1 N–H and O–H groups in total. The van der Waals surface area contributed by atoms with E-state index in [-0.39, 0.29) is 24.0 Å². The van der Waals surface area contributed by atoms with E-state index in [4.69, 9.17) is 11.6 Å². The number of carbonyl (C=O) groups excluding carboxylic acids is 2. The number of rotatable bonds is 6. The molecule has 7 heteroatoms. The number of carbonyl (C=O) groups is 2. The SMILES string of the molecule is C[C@@H](C(=O)Nc1ccc(CC(=O)c2cscn2)nc1)c1ccc(Cl)cc1. The maximum Gasteiger partial charge on any atom is 0.231 e. The van der Waals surface area contributed by atoms with Crippen molar-refractivity contribution in [2.24, 2.45) is 0 Å². The van der Waals surface area contributed by atoms with E-state index < -0.39 is 0 Å². The van der Waals surface area contributed by atoms with Crippen molar-refractivity contribution in [2.75, 3.05) is 5.32 Å². The maximum absolute atomic E-state index is 12.4. The van der Waals surface area contributed by atoms with Gasteiger partial charge >= 0.3 is 0 Å². The topological polar surface area (TPSA) is 72.0 Å². The summed E-state index contributed by atoms with van der Waals surface area (Å²) in [5.41, 5.74) is 4.17. The monoisotopic (exact) mass is 385 g/mol. The fraction of sp³-hybridized carbons (Fsp3) is 0.158. The zero-order chi connectivity index (χ0) is 18.5. The molecular weight excluding hydrogens is 370 g/mol. The maximum atomic E-state index is 12.4. The first-order chi connectivity index (χ1) is 12.5. The number of ketones is 1. The first kappa shape index (κ1) is 18.2. The minimum Gasteiger partial charge on any atom is -0.324 e. The second-order valence-corrected chi connectivity index (χ2v) is 6.93. The largest absolute Gasteiger partial charge is 0.324 e. The van der Waals surface area contributed by atoms with Crippen LogP contribution in [-0.4, -0.2) is 21.7 Å². The third kappa shape index (κ3) is 4.53. The summed E-state index contributed by atoms with van der Waals surface area (Å²) in [6.07, 6.45) is 1.73. The first-order valence-corrected chi connectivity index (χ1v) is 9.27. The molecular formula is C19H16ClN3O2S. The Morgan fingerprint density at radius 2 is 1.92 bits per heavy atom. The molecule has 3 rings (SSSR count). The van der Waals surface area contributed by atoms with Gasteiger partial charge < -0.3 is 5.32 Å². The van der Waals surface area contributed by atoms with Gasteiger partial charge in [0.25, 0.3) is 0 Å². The van der Waals surface area contributed by atoms with Crippen LogP contribution in [0.25, 0.3) is 0 Å². The van der Waals surface area contributed by atoms with E-state index in [2.05, 4.69) is 15.3 Å². The third-order valence-corrected chi connectivity index (χ3v) is 4.75. The summed E-state index contributed by atoms with van der Waals surface area (Å²) in [6, 6.07) is 10.7. The minimum atomic E-state index is -0.321. The average Bonchev–Trinajstić information content (AvgIpc) is 3.18. The van der Waals surface area contributed by atoms with Gasteiger partial charge in [-0.1, -0.05) is 23.7 Å². The van der Waals surface area contributed by atoms with E-state index in [9.17, 15) is 9.59 Å². The quantitative estimate of drug-likeness (QED) is 0.640. The minimum absolute atomic E-state index is 0.0769. The highest BCUT2D eigenvalue weighted by molar-refractivity contribution is 7.07. The fourth-order valence-corrected chi connectivity index (χ4v) is 3.04. The molecule has 1 aromatic carbocycles. The van der Waals surface area contributed by atoms with Gasteiger partial charge in [-0.3, -0.25) is 14.6 Å². The Kier molecular flexibility index (Phi) is 5.75. The number of anilines is 1. The molecule has 0 bridgehead atoms. The zero-order valence-electron chi connectivity index (χ0n) is 14.0. The molecule has 0 aliphatic heterocycles. The number of benzene rings is 1. The first-order valence-electron chi connectivity index (χ1n) is 7.95. The van der Waals surface area contributed by atoms with Gasteiger partial charge in [-0.2, -0.15) is 0 Å². The van der Waals surface area contributed by atoms with Crippen LogP contribution in [-0.2, 0) is 11.2 Å². The number of hydrogen-bond donors (Lipinski definition) is 1. The Hall–Kier alpha value is -2.57. The van der Waals surface area contributed by atoms with E-state index in [0.717, 1.165) is 5.56 Å². The number of nitrogens with zero attached hydrogens (tertiary/aromatic N) is 2. The Balaban J connectivity index is 1.60. The van der Waals surface area contributed by atoms with Crippen molar-refractivity contribution >= 4 is 40.3 Å². The molecule has 2 heterocycles. The Morgan fingerprint density at radius 1 is 1.15 bits per heavy atom. The molecule has 0 aliphatic carbocycles. The summed E-state index contributed by atoms with van der Waals surface area (Å²) < 4.78 is 0. The van der Waals surface area contributed by atoms with Crippen molar-refractivity contribution < 1.29 is 9.59 Å². The van der Waals surface area contributed by atoms with Crippen LogP contribution >= 0.6 is 22.9 Å². The average molecular weight is 386 g/mol. The van der Waals surface area contributed by atoms with Crippen LogP contribution in [0.15, 0.2) is 53.5 Å². The summed E-state index contributed by atoms with van der Waals surface area (Å²) >= 11 is 7.26. The zero-order valence-corrected chi connectivity index (χ0v) is 15.6. The second kappa shape index (κ2) is 8.21. The molecule has 0 unspecified atom stereocenters. The van der Waals surface area contributed by atoms with Crippen LogP contribution in [0.4, 0.5) is 5.69 Å². The van der Waals surface area contributed by atoms with Gasteiger partial charge in [-0.25, -0.2) is 4.98 Å². The van der Waals surface area contributed by atoms with Crippen molar-refractivity contribution in [3.63, 3.8) is 0 Å². The standard InChI is InChI=1S/C19H16ClN3O2S/c1-12(13-2-4-14(20)5-3-13)19(25)23-16-7-6-15(21-9-16)8-18(24)17-10-26-11-22-17/h2-7,9-12H,8H2,1H3,(H,23,25)/t12-/m1/s1. The Bertz CT molecular complexity index is 894. The fourth-order valence-electron chi connectivity index (χ4n) is 2.36. The van der Waals surface area contributed by atoms with E-state index >= 15 is 0 Å². The number of aromatic nitrogens is 2. The molecule has 0 spiro atoms. The molecule has 5 nitrogen and oxygen atoms in total. The normalized spacial score (nSPS) is 11.8. The summed E-state index contributed by atoms with van der Waals surface area (Å²) in [6.45, 7) is 1.83. The summed E-state index contributed by atoms with van der Waals surface area (Å²) in [4.78, 5) is 32.7. The van der Waals surface area contributed by atoms with Crippen molar-refractivity contribution in [1.29, 1.82) is 0 Å². The predicted octanol–water partition coefficient (Wildman–Crippen LogP) is 4.36. The lowest BCUT2D eigenvalue weighted by Crippen LogP contribution is -2.19. The van der Waals surface area contributed by atoms with Crippen LogP contribution in [0.1, 0.15) is 34.6 Å². The molecule has 26 heavy (non-hydrogen) atoms. The molecule has 0 aliphatic rings. The molecule has 1 amide bonds. The second-order valence-electron chi connectivity index (χ2n) is 5.77. The predicted molar refractivity (Wildman–Crippen MR) is 103 cm³/mol. The highest BCUT2D eigenvalue weighted by Crippen LogP contribution is 2.20. The number of Topliss-reactive ketones (excluding diaryl/α,β-unsaturated/α-hetero) is 1. The van der Waals surface area contributed by atoms with Crippen molar-refractivity contribution in [3.05, 3.63) is 75.5 Å². The third-order valence-electron chi connectivity index (χ3n) is 3.92. The lowest BCUT2D eigenvalue weighted by atomic mass is 10.0. The van der Waals surface area contributed by atoms with Gasteiger partial charge in [0.1, 0.15) is 5.69 Å². The number of thiazole rings is 1. The van der Waals surface area contributed by atoms with Gasteiger partial charge in [-0.15, -0.1) is 11.3 Å². The lowest BCUT2D eigenvalue weighted by Gasteiger charge is -2.12. The number of amides is 1. The van der Waals surface area contributed by atoms with Gasteiger partial charge in [0, 0.05) is 16.1 Å². The number of hydrogen-bond acceptors (Lipinski definition) is 5. The van der Waals surface area contributed by atoms with E-state index in [1.54, 1.807) is 41.4 Å².